The topological polar surface area (TPSA) is 195 Å². The summed E-state index contributed by atoms with van der Waals surface area (Å²) in [5.74, 6) is -4.69. The van der Waals surface area contributed by atoms with Crippen molar-refractivity contribution >= 4 is 23.9 Å². The smallest absolute Gasteiger partial charge is 0.332 e. The van der Waals surface area contributed by atoms with Gasteiger partial charge in [-0.15, -0.1) is 0 Å². The quantitative estimate of drug-likeness (QED) is 0.308. The minimum absolute atomic E-state index is 0.0231. The van der Waals surface area contributed by atoms with Crippen molar-refractivity contribution in [2.75, 3.05) is 0 Å². The largest absolute Gasteiger partial charge is 0.481 e. The number of carboxylic acids is 4. The van der Waals surface area contributed by atoms with Crippen LogP contribution in [0, 0.1) is 0 Å². The first-order valence-corrected chi connectivity index (χ1v) is 5.40. The lowest BCUT2D eigenvalue weighted by atomic mass is 10.2. The third kappa shape index (κ3) is 13.9. The summed E-state index contributed by atoms with van der Waals surface area (Å²) in [6.07, 6.45) is -2.35. The van der Waals surface area contributed by atoms with Gasteiger partial charge in [0.2, 0.25) is 0 Å². The maximum Gasteiger partial charge on any atom is 0.332 e. The molecule has 0 fully saturated rings. The monoisotopic (exact) mass is 295 g/mol. The standard InChI is InChI=1S/C5H9NO4.C5H8O5/c2*6-3(5(9)10)1-2-4(7)8/h3H,1-2,6H2,(H,7,8)(H,9,10);3,6H,1-2H2,(H,7,8)(H,9,10). The van der Waals surface area contributed by atoms with Gasteiger partial charge in [0.1, 0.15) is 6.04 Å². The minimum atomic E-state index is -1.56. The Labute approximate surface area is 113 Å². The van der Waals surface area contributed by atoms with Gasteiger partial charge in [-0.25, -0.2) is 4.79 Å². The zero-order valence-electron chi connectivity index (χ0n) is 10.4. The molecule has 0 aromatic rings. The highest BCUT2D eigenvalue weighted by Gasteiger charge is 2.13. The molecule has 0 heterocycles. The van der Waals surface area contributed by atoms with E-state index in [4.69, 9.17) is 31.3 Å². The summed E-state index contributed by atoms with van der Waals surface area (Å²) < 4.78 is 0. The first-order chi connectivity index (χ1) is 9.07. The van der Waals surface area contributed by atoms with Gasteiger partial charge in [-0.1, -0.05) is 0 Å². The molecular weight excluding hydrogens is 278 g/mol. The minimum Gasteiger partial charge on any atom is -0.481 e. The van der Waals surface area contributed by atoms with Crippen LogP contribution in [0.25, 0.3) is 0 Å². The van der Waals surface area contributed by atoms with E-state index < -0.39 is 36.0 Å². The summed E-state index contributed by atoms with van der Waals surface area (Å²) in [4.78, 5) is 39.6. The summed E-state index contributed by atoms with van der Waals surface area (Å²) in [6, 6.07) is -1.06. The van der Waals surface area contributed by atoms with E-state index in [-0.39, 0.29) is 25.7 Å². The maximum absolute atomic E-state index is 9.99. The van der Waals surface area contributed by atoms with Gasteiger partial charge in [0.05, 0.1) is 0 Å². The zero-order chi connectivity index (χ0) is 16.3. The number of hydrogen-bond donors (Lipinski definition) is 6. The third-order valence-corrected chi connectivity index (χ3v) is 1.90. The Morgan fingerprint density at radius 3 is 1.50 bits per heavy atom. The highest BCUT2D eigenvalue weighted by atomic mass is 16.4. The fourth-order valence-electron chi connectivity index (χ4n) is 0.786. The van der Waals surface area contributed by atoms with E-state index in [1.54, 1.807) is 0 Å². The van der Waals surface area contributed by atoms with Gasteiger partial charge in [0, 0.05) is 12.8 Å². The van der Waals surface area contributed by atoms with Crippen LogP contribution < -0.4 is 5.73 Å². The molecule has 0 saturated heterocycles. The number of aliphatic hydroxyl groups is 1. The Balaban J connectivity index is 0. The van der Waals surface area contributed by atoms with E-state index in [0.29, 0.717) is 0 Å². The van der Waals surface area contributed by atoms with Crippen molar-refractivity contribution in [1.29, 1.82) is 0 Å². The summed E-state index contributed by atoms with van der Waals surface area (Å²) in [5, 5.41) is 40.9. The highest BCUT2D eigenvalue weighted by molar-refractivity contribution is 5.74. The van der Waals surface area contributed by atoms with Gasteiger partial charge in [0.15, 0.2) is 6.10 Å². The molecule has 0 bridgehead atoms. The number of nitrogens with two attached hydrogens (primary N) is 1. The Morgan fingerprint density at radius 1 is 0.800 bits per heavy atom. The van der Waals surface area contributed by atoms with Crippen LogP contribution in [0.2, 0.25) is 0 Å². The number of carboxylic acid groups (broad SMARTS) is 4. The van der Waals surface area contributed by atoms with Gasteiger partial charge in [-0.2, -0.15) is 0 Å². The van der Waals surface area contributed by atoms with E-state index in [9.17, 15) is 19.2 Å². The van der Waals surface area contributed by atoms with Crippen molar-refractivity contribution in [2.24, 2.45) is 5.73 Å². The number of rotatable bonds is 8. The molecule has 2 atom stereocenters. The van der Waals surface area contributed by atoms with E-state index in [0.717, 1.165) is 0 Å². The SMILES string of the molecule is NC(CCC(=O)O)C(=O)O.O=C(O)CCC(O)C(=O)O. The summed E-state index contributed by atoms with van der Waals surface area (Å²) in [5.41, 5.74) is 5.00. The zero-order valence-corrected chi connectivity index (χ0v) is 10.4. The number of aliphatic hydroxyl groups excluding tert-OH is 1. The average Bonchev–Trinajstić information content (AvgIpc) is 2.33. The van der Waals surface area contributed by atoms with E-state index in [1.165, 1.54) is 0 Å². The fraction of sp³-hybridized carbons (Fsp3) is 0.600. The van der Waals surface area contributed by atoms with Crippen molar-refractivity contribution in [3.8, 4) is 0 Å². The Kier molecular flexibility index (Phi) is 10.8. The van der Waals surface area contributed by atoms with Crippen LogP contribution in [0.1, 0.15) is 25.7 Å². The summed E-state index contributed by atoms with van der Waals surface area (Å²) in [7, 11) is 0. The molecule has 0 aromatic heterocycles. The van der Waals surface area contributed by atoms with Crippen molar-refractivity contribution in [1.82, 2.24) is 0 Å². The Hall–Kier alpha value is -2.20. The number of aliphatic carboxylic acids is 4. The molecule has 0 aliphatic rings. The van der Waals surface area contributed by atoms with Gasteiger partial charge in [-0.3, -0.25) is 14.4 Å². The Morgan fingerprint density at radius 2 is 1.20 bits per heavy atom. The normalized spacial score (nSPS) is 12.5. The van der Waals surface area contributed by atoms with Gasteiger partial charge in [0.25, 0.3) is 0 Å². The molecule has 0 amide bonds. The predicted molar refractivity (Wildman–Crippen MR) is 63.0 cm³/mol. The van der Waals surface area contributed by atoms with E-state index >= 15 is 0 Å². The molecule has 0 aliphatic heterocycles. The summed E-state index contributed by atoms with van der Waals surface area (Å²) >= 11 is 0. The van der Waals surface area contributed by atoms with Crippen LogP contribution in [-0.2, 0) is 19.2 Å². The van der Waals surface area contributed by atoms with Gasteiger partial charge < -0.3 is 31.3 Å². The van der Waals surface area contributed by atoms with Crippen LogP contribution in [0.15, 0.2) is 0 Å². The Bertz CT molecular complexity index is 321. The van der Waals surface area contributed by atoms with Gasteiger partial charge >= 0.3 is 23.9 Å². The summed E-state index contributed by atoms with van der Waals surface area (Å²) in [6.45, 7) is 0. The average molecular weight is 295 g/mol. The molecular formula is C10H17NO9. The predicted octanol–water partition coefficient (Wildman–Crippen LogP) is -1.44. The molecule has 7 N–H and O–H groups in total. The van der Waals surface area contributed by atoms with Gasteiger partial charge in [-0.05, 0) is 12.8 Å². The van der Waals surface area contributed by atoms with Crippen LogP contribution in [0.5, 0.6) is 0 Å². The molecule has 10 nitrogen and oxygen atoms in total. The lowest BCUT2D eigenvalue weighted by molar-refractivity contribution is -0.148. The lowest BCUT2D eigenvalue weighted by Crippen LogP contribution is -2.30. The first kappa shape index (κ1) is 20.1. The second kappa shape index (κ2) is 10.7. The van der Waals surface area contributed by atoms with Crippen LogP contribution in [0.4, 0.5) is 0 Å². The van der Waals surface area contributed by atoms with Crippen LogP contribution >= 0.6 is 0 Å². The number of hydrogen-bond acceptors (Lipinski definition) is 6. The van der Waals surface area contributed by atoms with Crippen molar-refractivity contribution in [3.05, 3.63) is 0 Å². The van der Waals surface area contributed by atoms with Crippen molar-refractivity contribution in [2.45, 2.75) is 37.8 Å². The second-order valence-corrected chi connectivity index (χ2v) is 3.66. The van der Waals surface area contributed by atoms with Crippen LogP contribution in [-0.4, -0.2) is 61.6 Å². The molecule has 0 rings (SSSR count). The first-order valence-electron chi connectivity index (χ1n) is 5.40. The second-order valence-electron chi connectivity index (χ2n) is 3.66. The molecule has 0 aliphatic carbocycles. The number of carbonyl (C=O) groups is 4. The molecule has 0 aromatic carbocycles. The molecule has 0 spiro atoms. The van der Waals surface area contributed by atoms with Crippen molar-refractivity contribution in [3.63, 3.8) is 0 Å². The molecule has 20 heavy (non-hydrogen) atoms. The molecule has 2 unspecified atom stereocenters. The van der Waals surface area contributed by atoms with Crippen molar-refractivity contribution < 1.29 is 44.7 Å². The van der Waals surface area contributed by atoms with E-state index in [2.05, 4.69) is 0 Å². The van der Waals surface area contributed by atoms with Crippen LogP contribution in [0.3, 0.4) is 0 Å². The third-order valence-electron chi connectivity index (χ3n) is 1.90. The maximum atomic E-state index is 9.99. The van der Waals surface area contributed by atoms with E-state index in [1.807, 2.05) is 0 Å². The molecule has 0 saturated carbocycles. The lowest BCUT2D eigenvalue weighted by Gasteiger charge is -2.01. The molecule has 116 valence electrons. The molecule has 0 radical (unpaired) electrons. The highest BCUT2D eigenvalue weighted by Crippen LogP contribution is 1.96. The molecule has 10 heteroatoms. The fourth-order valence-corrected chi connectivity index (χ4v) is 0.786.